The number of fused-ring (bicyclic) bond motifs is 1. The molecule has 0 atom stereocenters. The molecule has 28 heavy (non-hydrogen) atoms. The predicted octanol–water partition coefficient (Wildman–Crippen LogP) is 2.94. The van der Waals surface area contributed by atoms with Crippen LogP contribution in [0.25, 0.3) is 11.3 Å². The van der Waals surface area contributed by atoms with Gasteiger partial charge in [0.05, 0.1) is 17.6 Å². The molecule has 1 aliphatic rings. The third kappa shape index (κ3) is 2.79. The van der Waals surface area contributed by atoms with Crippen LogP contribution in [0.5, 0.6) is 0 Å². The molecule has 3 aromatic heterocycles. The van der Waals surface area contributed by atoms with Crippen LogP contribution in [-0.4, -0.2) is 30.3 Å². The Kier molecular flexibility index (Phi) is 3.65. The van der Waals surface area contributed by atoms with E-state index >= 15 is 0 Å². The van der Waals surface area contributed by atoms with E-state index < -0.39 is 0 Å². The summed E-state index contributed by atoms with van der Waals surface area (Å²) in [7, 11) is 0. The second-order valence-electron chi connectivity index (χ2n) is 7.05. The fraction of sp³-hybridized carbons (Fsp3) is 0.200. The van der Waals surface area contributed by atoms with Crippen molar-refractivity contribution in [3.05, 3.63) is 65.6 Å². The molecule has 8 heteroatoms. The molecule has 0 aliphatic heterocycles. The summed E-state index contributed by atoms with van der Waals surface area (Å²) in [6, 6.07) is 11.7. The second-order valence-corrected chi connectivity index (χ2v) is 7.05. The molecule has 0 saturated heterocycles. The van der Waals surface area contributed by atoms with E-state index in [-0.39, 0.29) is 5.91 Å². The predicted molar refractivity (Wildman–Crippen MR) is 106 cm³/mol. The third-order valence-electron chi connectivity index (χ3n) is 4.89. The summed E-state index contributed by atoms with van der Waals surface area (Å²) in [5.74, 6) is 1.20. The van der Waals surface area contributed by atoms with Gasteiger partial charge in [-0.05, 0) is 43.4 Å². The number of amides is 1. The number of carbonyl (C=O) groups excluding carboxylic acids is 1. The molecular formula is C20H19N7O. The first kappa shape index (κ1) is 16.5. The minimum absolute atomic E-state index is 0.307. The molecule has 5 rings (SSSR count). The third-order valence-corrected chi connectivity index (χ3v) is 4.89. The lowest BCUT2D eigenvalue weighted by Crippen LogP contribution is -2.16. The number of rotatable bonds is 4. The van der Waals surface area contributed by atoms with Gasteiger partial charge in [0.25, 0.3) is 5.91 Å². The van der Waals surface area contributed by atoms with Crippen LogP contribution in [0.4, 0.5) is 11.6 Å². The number of hydrogen-bond donors (Lipinski definition) is 2. The summed E-state index contributed by atoms with van der Waals surface area (Å²) in [6.45, 7) is 1.91. The molecule has 8 nitrogen and oxygen atoms in total. The number of carbonyl (C=O) groups is 1. The Balaban J connectivity index is 1.53. The van der Waals surface area contributed by atoms with Crippen LogP contribution in [0.3, 0.4) is 0 Å². The van der Waals surface area contributed by atoms with E-state index in [4.69, 9.17) is 5.73 Å². The summed E-state index contributed by atoms with van der Waals surface area (Å²) < 4.78 is 3.32. The van der Waals surface area contributed by atoms with Crippen molar-refractivity contribution in [2.45, 2.75) is 25.7 Å². The monoisotopic (exact) mass is 373 g/mol. The fourth-order valence-corrected chi connectivity index (χ4v) is 3.42. The van der Waals surface area contributed by atoms with Crippen molar-refractivity contribution in [3.63, 3.8) is 0 Å². The smallest absolute Gasteiger partial charge is 0.262 e. The van der Waals surface area contributed by atoms with Crippen molar-refractivity contribution in [1.29, 1.82) is 0 Å². The maximum Gasteiger partial charge on any atom is 0.262 e. The van der Waals surface area contributed by atoms with E-state index in [1.807, 2.05) is 31.2 Å². The molecule has 0 spiro atoms. The first-order chi connectivity index (χ1) is 13.6. The van der Waals surface area contributed by atoms with Crippen LogP contribution in [0, 0.1) is 6.92 Å². The Bertz CT molecular complexity index is 1200. The Hall–Kier alpha value is -3.68. The highest BCUT2D eigenvalue weighted by Crippen LogP contribution is 2.43. The van der Waals surface area contributed by atoms with Gasteiger partial charge < -0.3 is 11.1 Å². The molecule has 3 N–H and O–H groups in total. The SMILES string of the molecule is Cc1cc(NC(=O)c2cnn3ccc(N)nc23)n(-c2ccccc2C2CC2)n1. The largest absolute Gasteiger partial charge is 0.384 e. The number of hydrogen-bond acceptors (Lipinski definition) is 5. The molecule has 140 valence electrons. The zero-order valence-electron chi connectivity index (χ0n) is 15.3. The number of aromatic nitrogens is 5. The van der Waals surface area contributed by atoms with E-state index in [9.17, 15) is 4.79 Å². The Labute approximate surface area is 161 Å². The van der Waals surface area contributed by atoms with Gasteiger partial charge in [-0.25, -0.2) is 14.2 Å². The van der Waals surface area contributed by atoms with E-state index in [1.165, 1.54) is 29.1 Å². The van der Waals surface area contributed by atoms with Gasteiger partial charge in [0.1, 0.15) is 17.2 Å². The quantitative estimate of drug-likeness (QED) is 0.572. The van der Waals surface area contributed by atoms with Gasteiger partial charge in [-0.2, -0.15) is 10.2 Å². The van der Waals surface area contributed by atoms with Gasteiger partial charge in [0.15, 0.2) is 5.65 Å². The molecule has 1 aliphatic carbocycles. The maximum absolute atomic E-state index is 12.9. The molecule has 1 saturated carbocycles. The fourth-order valence-electron chi connectivity index (χ4n) is 3.42. The Morgan fingerprint density at radius 2 is 2.07 bits per heavy atom. The van der Waals surface area contributed by atoms with Crippen LogP contribution >= 0.6 is 0 Å². The summed E-state index contributed by atoms with van der Waals surface area (Å²) in [5.41, 5.74) is 9.61. The summed E-state index contributed by atoms with van der Waals surface area (Å²) in [6.07, 6.45) is 5.54. The van der Waals surface area contributed by atoms with Gasteiger partial charge in [0.2, 0.25) is 0 Å². The van der Waals surface area contributed by atoms with Gasteiger partial charge >= 0.3 is 0 Å². The first-order valence-electron chi connectivity index (χ1n) is 9.17. The zero-order valence-corrected chi connectivity index (χ0v) is 15.3. The topological polar surface area (TPSA) is 103 Å². The van der Waals surface area contributed by atoms with Gasteiger partial charge in [0, 0.05) is 12.3 Å². The van der Waals surface area contributed by atoms with Gasteiger partial charge in [-0.1, -0.05) is 18.2 Å². The molecule has 4 aromatic rings. The minimum atomic E-state index is -0.307. The van der Waals surface area contributed by atoms with E-state index in [1.54, 1.807) is 16.9 Å². The standard InChI is InChI=1S/C20H19N7O/c1-12-10-18(27(25-12)16-5-3-2-4-14(16)13-6-7-13)24-20(28)15-11-22-26-9-8-17(21)23-19(15)26/h2-5,8-11,13H,6-7H2,1H3,(H2,21,23)(H,24,28). The normalized spacial score (nSPS) is 13.8. The zero-order chi connectivity index (χ0) is 19.3. The lowest BCUT2D eigenvalue weighted by molar-refractivity contribution is 0.102. The number of nitrogen functional groups attached to an aromatic ring is 1. The van der Waals surface area contributed by atoms with Crippen LogP contribution in [0.2, 0.25) is 0 Å². The van der Waals surface area contributed by atoms with Crippen molar-refractivity contribution in [1.82, 2.24) is 24.4 Å². The highest BCUT2D eigenvalue weighted by Gasteiger charge is 2.27. The first-order valence-corrected chi connectivity index (χ1v) is 9.17. The highest BCUT2D eigenvalue weighted by molar-refractivity contribution is 6.08. The van der Waals surface area contributed by atoms with Crippen molar-refractivity contribution in [2.75, 3.05) is 11.1 Å². The minimum Gasteiger partial charge on any atom is -0.384 e. The number of aryl methyl sites for hydroxylation is 1. The highest BCUT2D eigenvalue weighted by atomic mass is 16.1. The molecule has 1 aromatic carbocycles. The average molecular weight is 373 g/mol. The van der Waals surface area contributed by atoms with Crippen molar-refractivity contribution < 1.29 is 4.79 Å². The number of nitrogens with two attached hydrogens (primary N) is 1. The lowest BCUT2D eigenvalue weighted by atomic mass is 10.1. The average Bonchev–Trinajstić information content (AvgIpc) is 3.35. The van der Waals surface area contributed by atoms with Crippen LogP contribution < -0.4 is 11.1 Å². The Morgan fingerprint density at radius 3 is 2.89 bits per heavy atom. The number of para-hydroxylation sites is 1. The number of nitrogens with zero attached hydrogens (tertiary/aromatic N) is 5. The lowest BCUT2D eigenvalue weighted by Gasteiger charge is -2.12. The number of nitrogens with one attached hydrogen (secondary N) is 1. The van der Waals surface area contributed by atoms with E-state index in [0.29, 0.717) is 28.8 Å². The Morgan fingerprint density at radius 1 is 1.25 bits per heavy atom. The summed E-state index contributed by atoms with van der Waals surface area (Å²) in [4.78, 5) is 17.2. The van der Waals surface area contributed by atoms with Gasteiger partial charge in [-0.15, -0.1) is 0 Å². The van der Waals surface area contributed by atoms with Crippen LogP contribution in [0.15, 0.2) is 48.8 Å². The van der Waals surface area contributed by atoms with Gasteiger partial charge in [-0.3, -0.25) is 4.79 Å². The van der Waals surface area contributed by atoms with Crippen molar-refractivity contribution in [2.24, 2.45) is 0 Å². The molecule has 0 bridgehead atoms. The van der Waals surface area contributed by atoms with E-state index in [2.05, 4.69) is 26.6 Å². The molecule has 3 heterocycles. The summed E-state index contributed by atoms with van der Waals surface area (Å²) in [5, 5.41) is 11.7. The number of anilines is 2. The molecule has 1 amide bonds. The van der Waals surface area contributed by atoms with Crippen LogP contribution in [-0.2, 0) is 0 Å². The second kappa shape index (κ2) is 6.19. The molecule has 0 radical (unpaired) electrons. The van der Waals surface area contributed by atoms with Crippen molar-refractivity contribution in [3.8, 4) is 5.69 Å². The van der Waals surface area contributed by atoms with Crippen LogP contribution in [0.1, 0.15) is 40.4 Å². The maximum atomic E-state index is 12.9. The molecular weight excluding hydrogens is 354 g/mol. The summed E-state index contributed by atoms with van der Waals surface area (Å²) >= 11 is 0. The number of benzene rings is 1. The molecule has 0 unspecified atom stereocenters. The van der Waals surface area contributed by atoms with Crippen molar-refractivity contribution >= 4 is 23.2 Å². The molecule has 1 fully saturated rings. The van der Waals surface area contributed by atoms with E-state index in [0.717, 1.165) is 11.4 Å².